The van der Waals surface area contributed by atoms with Crippen molar-refractivity contribution in [3.63, 3.8) is 0 Å². The van der Waals surface area contributed by atoms with Crippen LogP contribution in [0.3, 0.4) is 0 Å². The molecule has 0 heterocycles. The van der Waals surface area contributed by atoms with Gasteiger partial charge in [0, 0.05) is 0 Å². The van der Waals surface area contributed by atoms with Crippen molar-refractivity contribution >= 4 is 0 Å². The van der Waals surface area contributed by atoms with E-state index in [9.17, 15) is 0 Å². The van der Waals surface area contributed by atoms with Gasteiger partial charge in [0.25, 0.3) is 0 Å². The smallest absolute Gasteiger partial charge is 0.0519 e. The highest BCUT2D eigenvalue weighted by Gasteiger charge is 2.25. The third-order valence-electron chi connectivity index (χ3n) is 3.35. The van der Waals surface area contributed by atoms with Crippen LogP contribution in [0.2, 0.25) is 0 Å². The molecule has 0 radical (unpaired) electrons. The van der Waals surface area contributed by atoms with Crippen molar-refractivity contribution in [3.8, 4) is 0 Å². The van der Waals surface area contributed by atoms with Crippen molar-refractivity contribution in [1.29, 1.82) is 0 Å². The zero-order valence-electron chi connectivity index (χ0n) is 11.4. The summed E-state index contributed by atoms with van der Waals surface area (Å²) in [6.45, 7) is 10.3. The van der Waals surface area contributed by atoms with E-state index >= 15 is 0 Å². The molecule has 0 aromatic carbocycles. The van der Waals surface area contributed by atoms with Crippen LogP contribution in [-0.4, -0.2) is 25.4 Å². The van der Waals surface area contributed by atoms with Crippen molar-refractivity contribution in [3.05, 3.63) is 0 Å². The van der Waals surface area contributed by atoms with E-state index in [2.05, 4.69) is 27.7 Å². The first-order chi connectivity index (χ1) is 7.59. The molecule has 16 heavy (non-hydrogen) atoms. The standard InChI is InChI=1S/C14H28O2/c1-11(2)15-9-13-7-5-6-8-14(13)10-16-12(3)4/h11-14H,5-10H2,1-4H3. The molecule has 2 atom stereocenters. The van der Waals surface area contributed by atoms with Gasteiger partial charge in [0.1, 0.15) is 0 Å². The summed E-state index contributed by atoms with van der Waals surface area (Å²) in [5.41, 5.74) is 0. The minimum atomic E-state index is 0.355. The van der Waals surface area contributed by atoms with Crippen molar-refractivity contribution in [2.45, 2.75) is 65.6 Å². The van der Waals surface area contributed by atoms with E-state index in [0.29, 0.717) is 12.2 Å². The van der Waals surface area contributed by atoms with Gasteiger partial charge >= 0.3 is 0 Å². The largest absolute Gasteiger partial charge is 0.378 e. The van der Waals surface area contributed by atoms with Crippen LogP contribution >= 0.6 is 0 Å². The molecule has 0 aromatic rings. The van der Waals surface area contributed by atoms with Gasteiger partial charge in [0.05, 0.1) is 25.4 Å². The van der Waals surface area contributed by atoms with Crippen LogP contribution in [0.25, 0.3) is 0 Å². The van der Waals surface area contributed by atoms with Gasteiger partial charge in [-0.05, 0) is 52.4 Å². The Bertz CT molecular complexity index is 158. The first-order valence-electron chi connectivity index (χ1n) is 6.82. The molecule has 1 aliphatic rings. The molecular weight excluding hydrogens is 200 g/mol. The highest BCUT2D eigenvalue weighted by molar-refractivity contribution is 4.75. The zero-order valence-corrected chi connectivity index (χ0v) is 11.4. The Kier molecular flexibility index (Phi) is 6.37. The van der Waals surface area contributed by atoms with Crippen LogP contribution in [0.15, 0.2) is 0 Å². The van der Waals surface area contributed by atoms with Crippen LogP contribution < -0.4 is 0 Å². The minimum Gasteiger partial charge on any atom is -0.378 e. The van der Waals surface area contributed by atoms with Crippen LogP contribution in [0, 0.1) is 11.8 Å². The molecule has 1 aliphatic carbocycles. The van der Waals surface area contributed by atoms with Crippen LogP contribution in [0.4, 0.5) is 0 Å². The second-order valence-corrected chi connectivity index (χ2v) is 5.57. The molecule has 96 valence electrons. The lowest BCUT2D eigenvalue weighted by atomic mass is 9.80. The van der Waals surface area contributed by atoms with Crippen molar-refractivity contribution in [1.82, 2.24) is 0 Å². The fraction of sp³-hybridized carbons (Fsp3) is 1.00. The highest BCUT2D eigenvalue weighted by Crippen LogP contribution is 2.30. The lowest BCUT2D eigenvalue weighted by molar-refractivity contribution is -0.0190. The molecule has 0 aromatic heterocycles. The molecule has 2 unspecified atom stereocenters. The molecule has 0 bridgehead atoms. The quantitative estimate of drug-likeness (QED) is 0.691. The zero-order chi connectivity index (χ0) is 12.0. The average Bonchev–Trinajstić information content (AvgIpc) is 2.24. The lowest BCUT2D eigenvalue weighted by Crippen LogP contribution is -2.29. The van der Waals surface area contributed by atoms with Crippen LogP contribution in [0.1, 0.15) is 53.4 Å². The Morgan fingerprint density at radius 2 is 1.19 bits per heavy atom. The van der Waals surface area contributed by atoms with Gasteiger partial charge in [-0.25, -0.2) is 0 Å². The molecule has 0 spiro atoms. The SMILES string of the molecule is CC(C)OCC1CCCCC1COC(C)C. The van der Waals surface area contributed by atoms with Gasteiger partial charge in [0.2, 0.25) is 0 Å². The summed E-state index contributed by atoms with van der Waals surface area (Å²) in [5, 5.41) is 0. The second-order valence-electron chi connectivity index (χ2n) is 5.57. The summed E-state index contributed by atoms with van der Waals surface area (Å²) in [5.74, 6) is 1.43. The maximum Gasteiger partial charge on any atom is 0.0519 e. The monoisotopic (exact) mass is 228 g/mol. The van der Waals surface area contributed by atoms with E-state index in [1.165, 1.54) is 25.7 Å². The first kappa shape index (κ1) is 14.0. The normalized spacial score (nSPS) is 26.6. The van der Waals surface area contributed by atoms with Gasteiger partial charge in [-0.15, -0.1) is 0 Å². The summed E-state index contributed by atoms with van der Waals surface area (Å²) < 4.78 is 11.5. The third-order valence-corrected chi connectivity index (χ3v) is 3.35. The van der Waals surface area contributed by atoms with E-state index in [1.54, 1.807) is 0 Å². The molecule has 2 nitrogen and oxygen atoms in total. The van der Waals surface area contributed by atoms with Gasteiger partial charge in [0.15, 0.2) is 0 Å². The molecule has 1 fully saturated rings. The second kappa shape index (κ2) is 7.29. The molecular formula is C14H28O2. The maximum absolute atomic E-state index is 5.76. The molecule has 2 heteroatoms. The number of hydrogen-bond acceptors (Lipinski definition) is 2. The topological polar surface area (TPSA) is 18.5 Å². The van der Waals surface area contributed by atoms with Gasteiger partial charge in [-0.3, -0.25) is 0 Å². The lowest BCUT2D eigenvalue weighted by Gasteiger charge is -2.32. The Morgan fingerprint density at radius 1 is 0.812 bits per heavy atom. The molecule has 0 aliphatic heterocycles. The van der Waals surface area contributed by atoms with E-state index < -0.39 is 0 Å². The molecule has 0 N–H and O–H groups in total. The van der Waals surface area contributed by atoms with E-state index in [-0.39, 0.29) is 0 Å². The summed E-state index contributed by atoms with van der Waals surface area (Å²) >= 11 is 0. The average molecular weight is 228 g/mol. The Morgan fingerprint density at radius 3 is 1.50 bits per heavy atom. The Hall–Kier alpha value is -0.0800. The summed E-state index contributed by atoms with van der Waals surface area (Å²) in [7, 11) is 0. The van der Waals surface area contributed by atoms with Gasteiger partial charge in [-0.2, -0.15) is 0 Å². The van der Waals surface area contributed by atoms with Crippen molar-refractivity contribution in [2.75, 3.05) is 13.2 Å². The van der Waals surface area contributed by atoms with Crippen molar-refractivity contribution < 1.29 is 9.47 Å². The van der Waals surface area contributed by atoms with E-state index in [4.69, 9.17) is 9.47 Å². The first-order valence-corrected chi connectivity index (χ1v) is 6.82. The summed E-state index contributed by atoms with van der Waals surface area (Å²) in [6, 6.07) is 0. The Labute approximate surface area is 101 Å². The predicted octanol–water partition coefficient (Wildman–Crippen LogP) is 3.64. The molecule has 1 rings (SSSR count). The molecule has 0 amide bonds. The number of rotatable bonds is 6. The fourth-order valence-electron chi connectivity index (χ4n) is 2.36. The minimum absolute atomic E-state index is 0.355. The highest BCUT2D eigenvalue weighted by atomic mass is 16.5. The Balaban J connectivity index is 2.31. The van der Waals surface area contributed by atoms with E-state index in [0.717, 1.165) is 25.0 Å². The van der Waals surface area contributed by atoms with E-state index in [1.807, 2.05) is 0 Å². The number of hydrogen-bond donors (Lipinski definition) is 0. The van der Waals surface area contributed by atoms with Gasteiger partial charge in [-0.1, -0.05) is 12.8 Å². The predicted molar refractivity (Wildman–Crippen MR) is 67.6 cm³/mol. The summed E-state index contributed by atoms with van der Waals surface area (Å²) in [6.07, 6.45) is 6.08. The molecule has 0 saturated heterocycles. The molecule has 1 saturated carbocycles. The summed E-state index contributed by atoms with van der Waals surface area (Å²) in [4.78, 5) is 0. The maximum atomic E-state index is 5.76. The van der Waals surface area contributed by atoms with Crippen LogP contribution in [0.5, 0.6) is 0 Å². The van der Waals surface area contributed by atoms with Gasteiger partial charge < -0.3 is 9.47 Å². The van der Waals surface area contributed by atoms with Crippen LogP contribution in [-0.2, 0) is 9.47 Å². The third kappa shape index (κ3) is 5.31. The van der Waals surface area contributed by atoms with Crippen molar-refractivity contribution in [2.24, 2.45) is 11.8 Å². The number of ether oxygens (including phenoxy) is 2. The fourth-order valence-corrected chi connectivity index (χ4v) is 2.36.